The Balaban J connectivity index is 3.46. The van der Waals surface area contributed by atoms with Gasteiger partial charge in [0.05, 0.1) is 12.6 Å². The monoisotopic (exact) mass is 188 g/mol. The summed E-state index contributed by atoms with van der Waals surface area (Å²) in [6.45, 7) is 2.74. The first kappa shape index (κ1) is 12.4. The van der Waals surface area contributed by atoms with Crippen LogP contribution in [0.5, 0.6) is 0 Å². The molecule has 4 heteroatoms. The molecule has 0 radical (unpaired) electrons. The first-order valence-electron chi connectivity index (χ1n) is 4.65. The van der Waals surface area contributed by atoms with Gasteiger partial charge < -0.3 is 15.3 Å². The van der Waals surface area contributed by atoms with Crippen molar-refractivity contribution in [2.75, 3.05) is 27.2 Å². The number of hydrogen-bond donors (Lipinski definition) is 2. The number of nitrogens with zero attached hydrogens (tertiary/aromatic N) is 1. The number of amides is 1. The van der Waals surface area contributed by atoms with E-state index in [1.165, 1.54) is 0 Å². The molecule has 0 aliphatic rings. The summed E-state index contributed by atoms with van der Waals surface area (Å²) in [7, 11) is 3.67. The van der Waals surface area contributed by atoms with Crippen LogP contribution in [-0.4, -0.2) is 49.2 Å². The van der Waals surface area contributed by atoms with Crippen LogP contribution >= 0.6 is 0 Å². The zero-order valence-electron chi connectivity index (χ0n) is 8.71. The average molecular weight is 188 g/mol. The van der Waals surface area contributed by atoms with Crippen LogP contribution in [0.15, 0.2) is 0 Å². The Morgan fingerprint density at radius 1 is 1.54 bits per heavy atom. The SMILES string of the molecule is CCCC(O)CNC(=O)CN(C)C. The highest BCUT2D eigenvalue weighted by atomic mass is 16.3. The van der Waals surface area contributed by atoms with Gasteiger partial charge in [-0.3, -0.25) is 4.79 Å². The quantitative estimate of drug-likeness (QED) is 0.608. The Morgan fingerprint density at radius 3 is 2.62 bits per heavy atom. The molecule has 0 aliphatic carbocycles. The molecular weight excluding hydrogens is 168 g/mol. The average Bonchev–Trinajstić information content (AvgIpc) is 2.00. The summed E-state index contributed by atoms with van der Waals surface area (Å²) >= 11 is 0. The number of likely N-dealkylation sites (N-methyl/N-ethyl adjacent to an activating group) is 1. The topological polar surface area (TPSA) is 52.6 Å². The van der Waals surface area contributed by atoms with Gasteiger partial charge in [0.15, 0.2) is 0 Å². The van der Waals surface area contributed by atoms with Gasteiger partial charge >= 0.3 is 0 Å². The van der Waals surface area contributed by atoms with Gasteiger partial charge in [-0.05, 0) is 20.5 Å². The minimum absolute atomic E-state index is 0.0415. The van der Waals surface area contributed by atoms with Crippen LogP contribution < -0.4 is 5.32 Å². The number of nitrogens with one attached hydrogen (secondary N) is 1. The zero-order chi connectivity index (χ0) is 10.3. The Hall–Kier alpha value is -0.610. The molecule has 78 valence electrons. The molecule has 0 aromatic heterocycles. The highest BCUT2D eigenvalue weighted by Crippen LogP contribution is 1.93. The lowest BCUT2D eigenvalue weighted by molar-refractivity contribution is -0.122. The molecule has 1 amide bonds. The summed E-state index contributed by atoms with van der Waals surface area (Å²) in [4.78, 5) is 12.9. The van der Waals surface area contributed by atoms with Crippen molar-refractivity contribution in [2.24, 2.45) is 0 Å². The zero-order valence-corrected chi connectivity index (χ0v) is 8.71. The van der Waals surface area contributed by atoms with Crippen molar-refractivity contribution in [3.8, 4) is 0 Å². The first-order chi connectivity index (χ1) is 6.06. The third-order valence-electron chi connectivity index (χ3n) is 1.62. The second-order valence-electron chi connectivity index (χ2n) is 3.48. The maximum Gasteiger partial charge on any atom is 0.234 e. The Bertz CT molecular complexity index is 149. The Labute approximate surface area is 79.9 Å². The van der Waals surface area contributed by atoms with Crippen molar-refractivity contribution in [1.82, 2.24) is 10.2 Å². The maximum atomic E-state index is 11.1. The van der Waals surface area contributed by atoms with Crippen LogP contribution in [0.1, 0.15) is 19.8 Å². The van der Waals surface area contributed by atoms with Crippen LogP contribution in [0.4, 0.5) is 0 Å². The van der Waals surface area contributed by atoms with E-state index in [1.54, 1.807) is 4.90 Å². The molecule has 0 saturated carbocycles. The van der Waals surface area contributed by atoms with Crippen LogP contribution in [0.25, 0.3) is 0 Å². The van der Waals surface area contributed by atoms with Crippen molar-refractivity contribution in [3.63, 3.8) is 0 Å². The van der Waals surface area contributed by atoms with E-state index >= 15 is 0 Å². The predicted molar refractivity (Wildman–Crippen MR) is 52.5 cm³/mol. The fourth-order valence-electron chi connectivity index (χ4n) is 1.01. The Morgan fingerprint density at radius 2 is 2.15 bits per heavy atom. The molecule has 13 heavy (non-hydrogen) atoms. The first-order valence-corrected chi connectivity index (χ1v) is 4.65. The van der Waals surface area contributed by atoms with Gasteiger partial charge in [0.1, 0.15) is 0 Å². The third-order valence-corrected chi connectivity index (χ3v) is 1.62. The highest BCUT2D eigenvalue weighted by molar-refractivity contribution is 5.77. The summed E-state index contributed by atoms with van der Waals surface area (Å²) in [6, 6.07) is 0. The lowest BCUT2D eigenvalue weighted by atomic mass is 10.2. The number of aliphatic hydroxyl groups is 1. The molecule has 4 nitrogen and oxygen atoms in total. The van der Waals surface area contributed by atoms with Crippen molar-refractivity contribution in [2.45, 2.75) is 25.9 Å². The third kappa shape index (κ3) is 7.74. The molecule has 0 aliphatic heterocycles. The minimum atomic E-state index is -0.406. The summed E-state index contributed by atoms with van der Waals surface area (Å²) in [5.74, 6) is -0.0415. The largest absolute Gasteiger partial charge is 0.391 e. The van der Waals surface area contributed by atoms with Crippen molar-refractivity contribution >= 4 is 5.91 Å². The molecule has 2 N–H and O–H groups in total. The number of aliphatic hydroxyl groups excluding tert-OH is 1. The van der Waals surface area contributed by atoms with Gasteiger partial charge in [0.25, 0.3) is 0 Å². The van der Waals surface area contributed by atoms with Gasteiger partial charge in [0, 0.05) is 6.54 Å². The van der Waals surface area contributed by atoms with Gasteiger partial charge in [-0.1, -0.05) is 13.3 Å². The van der Waals surface area contributed by atoms with Gasteiger partial charge in [-0.15, -0.1) is 0 Å². The van der Waals surface area contributed by atoms with E-state index in [0.717, 1.165) is 12.8 Å². The van der Waals surface area contributed by atoms with Crippen molar-refractivity contribution in [1.29, 1.82) is 0 Å². The van der Waals surface area contributed by atoms with Crippen LogP contribution in [0.2, 0.25) is 0 Å². The molecule has 0 bridgehead atoms. The van der Waals surface area contributed by atoms with E-state index in [1.807, 2.05) is 21.0 Å². The number of rotatable bonds is 6. The van der Waals surface area contributed by atoms with Gasteiger partial charge in [0.2, 0.25) is 5.91 Å². The number of hydrogen-bond acceptors (Lipinski definition) is 3. The van der Waals surface area contributed by atoms with E-state index < -0.39 is 6.10 Å². The summed E-state index contributed by atoms with van der Waals surface area (Å²) < 4.78 is 0. The lowest BCUT2D eigenvalue weighted by Crippen LogP contribution is -2.37. The molecule has 0 fully saturated rings. The van der Waals surface area contributed by atoms with Gasteiger partial charge in [-0.25, -0.2) is 0 Å². The molecule has 1 unspecified atom stereocenters. The van der Waals surface area contributed by atoms with Crippen LogP contribution in [0, 0.1) is 0 Å². The fraction of sp³-hybridized carbons (Fsp3) is 0.889. The van der Waals surface area contributed by atoms with Gasteiger partial charge in [-0.2, -0.15) is 0 Å². The molecule has 0 rings (SSSR count). The molecule has 0 aromatic rings. The molecule has 0 heterocycles. The number of carbonyl (C=O) groups excluding carboxylic acids is 1. The minimum Gasteiger partial charge on any atom is -0.391 e. The predicted octanol–water partition coefficient (Wildman–Crippen LogP) is -0.175. The summed E-state index contributed by atoms with van der Waals surface area (Å²) in [6.07, 6.45) is 1.27. The van der Waals surface area contributed by atoms with E-state index in [4.69, 9.17) is 0 Å². The van der Waals surface area contributed by atoms with E-state index in [0.29, 0.717) is 13.1 Å². The molecule has 0 saturated heterocycles. The molecule has 1 atom stereocenters. The second kappa shape index (κ2) is 6.86. The smallest absolute Gasteiger partial charge is 0.234 e. The van der Waals surface area contributed by atoms with Crippen LogP contribution in [0.3, 0.4) is 0 Å². The van der Waals surface area contributed by atoms with E-state index in [-0.39, 0.29) is 5.91 Å². The van der Waals surface area contributed by atoms with Crippen LogP contribution in [-0.2, 0) is 4.79 Å². The molecule has 0 aromatic carbocycles. The number of carbonyl (C=O) groups is 1. The fourth-order valence-corrected chi connectivity index (χ4v) is 1.01. The second-order valence-corrected chi connectivity index (χ2v) is 3.48. The maximum absolute atomic E-state index is 11.1. The van der Waals surface area contributed by atoms with E-state index in [9.17, 15) is 9.90 Å². The lowest BCUT2D eigenvalue weighted by Gasteiger charge is -2.12. The Kier molecular flexibility index (Phi) is 6.54. The van der Waals surface area contributed by atoms with E-state index in [2.05, 4.69) is 5.32 Å². The van der Waals surface area contributed by atoms with Crippen molar-refractivity contribution < 1.29 is 9.90 Å². The molecule has 0 spiro atoms. The highest BCUT2D eigenvalue weighted by Gasteiger charge is 2.06. The standard InChI is InChI=1S/C9H20N2O2/c1-4-5-8(12)6-10-9(13)7-11(2)3/h8,12H,4-7H2,1-3H3,(H,10,13). The molecular formula is C9H20N2O2. The summed E-state index contributed by atoms with van der Waals surface area (Å²) in [5, 5.41) is 12.0. The normalized spacial score (nSPS) is 13.0. The van der Waals surface area contributed by atoms with Crippen molar-refractivity contribution in [3.05, 3.63) is 0 Å². The summed E-state index contributed by atoms with van der Waals surface area (Å²) in [5.41, 5.74) is 0.